The third-order valence-electron chi connectivity index (χ3n) is 2.45. The number of hydrogen-bond donors (Lipinski definition) is 2. The summed E-state index contributed by atoms with van der Waals surface area (Å²) >= 11 is 0. The third-order valence-corrected chi connectivity index (χ3v) is 2.45. The van der Waals surface area contributed by atoms with Crippen LogP contribution in [0.3, 0.4) is 0 Å². The maximum absolute atomic E-state index is 11.1. The molecule has 0 aliphatic carbocycles. The second-order valence-corrected chi connectivity index (χ2v) is 3.68. The van der Waals surface area contributed by atoms with E-state index < -0.39 is 11.9 Å². The summed E-state index contributed by atoms with van der Waals surface area (Å²) in [5.41, 5.74) is 6.82. The Hall–Kier alpha value is -2.69. The zero-order valence-corrected chi connectivity index (χ0v) is 9.33. The van der Waals surface area contributed by atoms with Gasteiger partial charge in [0.05, 0.1) is 11.3 Å². The summed E-state index contributed by atoms with van der Waals surface area (Å²) in [6.45, 7) is 0. The smallest absolute Gasteiger partial charge is 0.335 e. The summed E-state index contributed by atoms with van der Waals surface area (Å²) in [6, 6.07) is 9.43. The first-order chi connectivity index (χ1) is 8.58. The van der Waals surface area contributed by atoms with Gasteiger partial charge in [0.1, 0.15) is 0 Å². The fourth-order valence-electron chi connectivity index (χ4n) is 1.55. The first-order valence-corrected chi connectivity index (χ1v) is 5.17. The van der Waals surface area contributed by atoms with Gasteiger partial charge in [0.2, 0.25) is 5.91 Å². The average Bonchev–Trinajstić information content (AvgIpc) is 2.39. The number of amides is 1. The van der Waals surface area contributed by atoms with Gasteiger partial charge in [0.25, 0.3) is 0 Å². The molecule has 0 aliphatic heterocycles. The van der Waals surface area contributed by atoms with Crippen LogP contribution in [0, 0.1) is 0 Å². The number of primary amides is 1. The second-order valence-electron chi connectivity index (χ2n) is 3.68. The molecule has 0 saturated heterocycles. The van der Waals surface area contributed by atoms with Crippen LogP contribution in [0.4, 0.5) is 0 Å². The molecular weight excluding hydrogens is 232 g/mol. The second kappa shape index (κ2) is 4.67. The van der Waals surface area contributed by atoms with Gasteiger partial charge in [0.15, 0.2) is 0 Å². The summed E-state index contributed by atoms with van der Waals surface area (Å²) in [5, 5.41) is 8.90. The molecule has 0 spiro atoms. The molecule has 3 N–H and O–H groups in total. The Balaban J connectivity index is 2.48. The molecule has 0 fully saturated rings. The number of nitrogens with zero attached hydrogens (tertiary/aromatic N) is 1. The molecule has 1 amide bonds. The van der Waals surface area contributed by atoms with Crippen LogP contribution in [0.1, 0.15) is 20.7 Å². The van der Waals surface area contributed by atoms with E-state index in [4.69, 9.17) is 10.8 Å². The van der Waals surface area contributed by atoms with Crippen molar-refractivity contribution in [2.24, 2.45) is 5.73 Å². The number of carboxylic acids is 1. The van der Waals surface area contributed by atoms with Crippen molar-refractivity contribution >= 4 is 11.9 Å². The third kappa shape index (κ3) is 2.35. The number of hydrogen-bond acceptors (Lipinski definition) is 3. The molecule has 1 aromatic heterocycles. The largest absolute Gasteiger partial charge is 0.478 e. The molecule has 90 valence electrons. The van der Waals surface area contributed by atoms with Crippen LogP contribution in [0.25, 0.3) is 11.3 Å². The lowest BCUT2D eigenvalue weighted by atomic mass is 10.1. The quantitative estimate of drug-likeness (QED) is 0.853. The van der Waals surface area contributed by atoms with E-state index >= 15 is 0 Å². The number of pyridine rings is 1. The van der Waals surface area contributed by atoms with Crippen LogP contribution in [0.15, 0.2) is 42.6 Å². The van der Waals surface area contributed by atoms with Crippen molar-refractivity contribution in [3.8, 4) is 11.3 Å². The summed E-state index contributed by atoms with van der Waals surface area (Å²) < 4.78 is 0. The molecular formula is C13H10N2O3. The van der Waals surface area contributed by atoms with Crippen LogP contribution in [0.2, 0.25) is 0 Å². The molecule has 0 atom stereocenters. The highest BCUT2D eigenvalue weighted by Crippen LogP contribution is 2.19. The van der Waals surface area contributed by atoms with Crippen molar-refractivity contribution in [2.75, 3.05) is 0 Å². The molecule has 0 bridgehead atoms. The number of carbonyl (C=O) groups excluding carboxylic acids is 1. The minimum absolute atomic E-state index is 0.143. The summed E-state index contributed by atoms with van der Waals surface area (Å²) in [7, 11) is 0. The molecule has 2 rings (SSSR count). The first kappa shape index (κ1) is 11.8. The zero-order valence-electron chi connectivity index (χ0n) is 9.33. The van der Waals surface area contributed by atoms with Gasteiger partial charge in [-0.1, -0.05) is 12.1 Å². The standard InChI is InChI=1S/C13H10N2O3/c14-12(16)9-3-1-2-8(6-9)11-7-10(13(17)18)4-5-15-11/h1-7H,(H2,14,16)(H,17,18). The van der Waals surface area contributed by atoms with Crippen molar-refractivity contribution in [3.63, 3.8) is 0 Å². The van der Waals surface area contributed by atoms with E-state index in [9.17, 15) is 9.59 Å². The topological polar surface area (TPSA) is 93.3 Å². The fourth-order valence-corrected chi connectivity index (χ4v) is 1.55. The normalized spacial score (nSPS) is 10.0. The Kier molecular flexibility index (Phi) is 3.05. The van der Waals surface area contributed by atoms with Crippen LogP contribution in [0.5, 0.6) is 0 Å². The highest BCUT2D eigenvalue weighted by atomic mass is 16.4. The van der Waals surface area contributed by atoms with Crippen LogP contribution >= 0.6 is 0 Å². The lowest BCUT2D eigenvalue weighted by Crippen LogP contribution is -2.10. The number of benzene rings is 1. The van der Waals surface area contributed by atoms with Gasteiger partial charge < -0.3 is 10.8 Å². The van der Waals surface area contributed by atoms with Crippen LogP contribution in [-0.4, -0.2) is 22.0 Å². The summed E-state index contributed by atoms with van der Waals surface area (Å²) in [6.07, 6.45) is 1.41. The van der Waals surface area contributed by atoms with E-state index in [-0.39, 0.29) is 5.56 Å². The van der Waals surface area contributed by atoms with Crippen molar-refractivity contribution < 1.29 is 14.7 Å². The predicted molar refractivity (Wildman–Crippen MR) is 65.2 cm³/mol. The maximum atomic E-state index is 11.1. The summed E-state index contributed by atoms with van der Waals surface area (Å²) in [4.78, 5) is 26.0. The molecule has 1 aromatic carbocycles. The van der Waals surface area contributed by atoms with Gasteiger partial charge in [0, 0.05) is 17.3 Å². The van der Waals surface area contributed by atoms with Gasteiger partial charge in [-0.05, 0) is 24.3 Å². The SMILES string of the molecule is NC(=O)c1cccc(-c2cc(C(=O)O)ccn2)c1. The number of nitrogens with two attached hydrogens (primary N) is 1. The number of carbonyl (C=O) groups is 2. The minimum Gasteiger partial charge on any atom is -0.478 e. The van der Waals surface area contributed by atoms with E-state index in [1.165, 1.54) is 18.3 Å². The van der Waals surface area contributed by atoms with Crippen molar-refractivity contribution in [1.82, 2.24) is 4.98 Å². The number of rotatable bonds is 3. The Morgan fingerprint density at radius 2 is 1.89 bits per heavy atom. The van der Waals surface area contributed by atoms with Crippen molar-refractivity contribution in [3.05, 3.63) is 53.7 Å². The first-order valence-electron chi connectivity index (χ1n) is 5.17. The highest BCUT2D eigenvalue weighted by molar-refractivity contribution is 5.94. The molecule has 0 saturated carbocycles. The Labute approximate surface area is 103 Å². The Morgan fingerprint density at radius 1 is 1.11 bits per heavy atom. The van der Waals surface area contributed by atoms with Crippen molar-refractivity contribution in [2.45, 2.75) is 0 Å². The molecule has 5 heteroatoms. The predicted octanol–water partition coefficient (Wildman–Crippen LogP) is 1.55. The molecule has 0 unspecified atom stereocenters. The fraction of sp³-hybridized carbons (Fsp3) is 0. The van der Waals surface area contributed by atoms with E-state index in [1.54, 1.807) is 24.3 Å². The van der Waals surface area contributed by atoms with Gasteiger partial charge in [-0.3, -0.25) is 9.78 Å². The zero-order chi connectivity index (χ0) is 13.1. The lowest BCUT2D eigenvalue weighted by Gasteiger charge is -2.03. The monoisotopic (exact) mass is 242 g/mol. The molecule has 0 aliphatic rings. The van der Waals surface area contributed by atoms with Gasteiger partial charge in [-0.2, -0.15) is 0 Å². The molecule has 5 nitrogen and oxygen atoms in total. The molecule has 18 heavy (non-hydrogen) atoms. The highest BCUT2D eigenvalue weighted by Gasteiger charge is 2.07. The molecule has 2 aromatic rings. The number of aromatic carboxylic acids is 1. The number of aromatic nitrogens is 1. The minimum atomic E-state index is -1.02. The Bertz CT molecular complexity index is 568. The van der Waals surface area contributed by atoms with Crippen LogP contribution in [-0.2, 0) is 0 Å². The molecule has 0 radical (unpaired) electrons. The van der Waals surface area contributed by atoms with Gasteiger partial charge in [-0.25, -0.2) is 4.79 Å². The van der Waals surface area contributed by atoms with Gasteiger partial charge >= 0.3 is 5.97 Å². The lowest BCUT2D eigenvalue weighted by molar-refractivity contribution is 0.0696. The van der Waals surface area contributed by atoms with Gasteiger partial charge in [-0.15, -0.1) is 0 Å². The maximum Gasteiger partial charge on any atom is 0.335 e. The van der Waals surface area contributed by atoms with E-state index in [2.05, 4.69) is 4.98 Å². The van der Waals surface area contributed by atoms with E-state index in [0.29, 0.717) is 16.8 Å². The van der Waals surface area contributed by atoms with Crippen molar-refractivity contribution in [1.29, 1.82) is 0 Å². The molecule has 1 heterocycles. The van der Waals surface area contributed by atoms with Crippen LogP contribution < -0.4 is 5.73 Å². The Morgan fingerprint density at radius 3 is 2.56 bits per heavy atom. The van der Waals surface area contributed by atoms with E-state index in [0.717, 1.165) is 0 Å². The average molecular weight is 242 g/mol. The number of carboxylic acid groups (broad SMARTS) is 1. The van der Waals surface area contributed by atoms with E-state index in [1.807, 2.05) is 0 Å². The summed E-state index contributed by atoms with van der Waals surface area (Å²) in [5.74, 6) is -1.56.